The number of hydrogen-bond donors (Lipinski definition) is 1. The minimum atomic E-state index is -0.137. The fourth-order valence-corrected chi connectivity index (χ4v) is 0.729. The maximum atomic E-state index is 8.56. The summed E-state index contributed by atoms with van der Waals surface area (Å²) in [5.41, 5.74) is 0. The second-order valence-electron chi connectivity index (χ2n) is 1.96. The van der Waals surface area contributed by atoms with Crippen molar-refractivity contribution in [1.82, 2.24) is 15.2 Å². The van der Waals surface area contributed by atoms with E-state index in [1.54, 1.807) is 0 Å². The van der Waals surface area contributed by atoms with Crippen molar-refractivity contribution in [1.29, 1.82) is 5.26 Å². The molecule has 1 atom stereocenters. The van der Waals surface area contributed by atoms with E-state index in [9.17, 15) is 0 Å². The predicted octanol–water partition coefficient (Wildman–Crippen LogP) is 0.822. The largest absolute Gasteiger partial charge is 0.262 e. The van der Waals surface area contributed by atoms with Crippen molar-refractivity contribution >= 4 is 0 Å². The Labute approximate surface area is 58.9 Å². The van der Waals surface area contributed by atoms with Crippen molar-refractivity contribution in [3.63, 3.8) is 0 Å². The summed E-state index contributed by atoms with van der Waals surface area (Å²) in [4.78, 5) is 3.87. The normalized spacial score (nSPS) is 12.4. The van der Waals surface area contributed by atoms with Gasteiger partial charge in [0.1, 0.15) is 18.1 Å². The van der Waals surface area contributed by atoms with Crippen molar-refractivity contribution in [2.75, 3.05) is 0 Å². The topological polar surface area (TPSA) is 65.4 Å². The summed E-state index contributed by atoms with van der Waals surface area (Å²) in [7, 11) is 0. The smallest absolute Gasteiger partial charge is 0.141 e. The van der Waals surface area contributed by atoms with Crippen LogP contribution in [-0.2, 0) is 0 Å². The molecule has 0 bridgehead atoms. The molecule has 0 aliphatic heterocycles. The minimum absolute atomic E-state index is 0.137. The number of nitriles is 1. The van der Waals surface area contributed by atoms with Crippen LogP contribution in [0.2, 0.25) is 0 Å². The molecule has 52 valence electrons. The molecule has 1 rings (SSSR count). The fourth-order valence-electron chi connectivity index (χ4n) is 0.729. The maximum absolute atomic E-state index is 8.56. The monoisotopic (exact) mass is 136 g/mol. The Hall–Kier alpha value is -1.37. The number of hydrogen-bond acceptors (Lipinski definition) is 3. The van der Waals surface area contributed by atoms with Gasteiger partial charge in [0.25, 0.3) is 0 Å². The lowest BCUT2D eigenvalue weighted by Crippen LogP contribution is -1.95. The quantitative estimate of drug-likeness (QED) is 0.654. The Balaban J connectivity index is 2.76. The van der Waals surface area contributed by atoms with Crippen LogP contribution in [0.3, 0.4) is 0 Å². The van der Waals surface area contributed by atoms with Gasteiger partial charge >= 0.3 is 0 Å². The summed E-state index contributed by atoms with van der Waals surface area (Å²) in [6.45, 7) is 1.94. The molecule has 4 nitrogen and oxygen atoms in total. The van der Waals surface area contributed by atoms with Gasteiger partial charge in [0.15, 0.2) is 0 Å². The Morgan fingerprint density at radius 2 is 2.70 bits per heavy atom. The Morgan fingerprint density at radius 1 is 1.90 bits per heavy atom. The zero-order valence-electron chi connectivity index (χ0n) is 5.70. The second-order valence-corrected chi connectivity index (χ2v) is 1.96. The third-order valence-corrected chi connectivity index (χ3v) is 1.33. The molecule has 1 aromatic rings. The lowest BCUT2D eigenvalue weighted by molar-refractivity contribution is 0.755. The summed E-state index contributed by atoms with van der Waals surface area (Å²) >= 11 is 0. The number of nitrogens with one attached hydrogen (secondary N) is 1. The number of aromatic nitrogens is 3. The molecule has 0 amide bonds. The molecule has 0 fully saturated rings. The molecule has 1 N–H and O–H groups in total. The molecule has 1 aromatic heterocycles. The van der Waals surface area contributed by atoms with Gasteiger partial charge in [0.05, 0.1) is 6.07 Å². The van der Waals surface area contributed by atoms with Crippen LogP contribution in [0, 0.1) is 11.3 Å². The minimum Gasteiger partial charge on any atom is -0.262 e. The Kier molecular flexibility index (Phi) is 2.00. The number of aromatic amines is 1. The number of H-pyrrole nitrogens is 1. The Bertz CT molecular complexity index is 220. The van der Waals surface area contributed by atoms with Crippen molar-refractivity contribution in [2.24, 2.45) is 0 Å². The first-order valence-corrected chi connectivity index (χ1v) is 3.13. The zero-order chi connectivity index (χ0) is 7.40. The summed E-state index contributed by atoms with van der Waals surface area (Å²) in [5, 5.41) is 14.9. The summed E-state index contributed by atoms with van der Waals surface area (Å²) in [6, 6.07) is 2.12. The van der Waals surface area contributed by atoms with Gasteiger partial charge in [0, 0.05) is 0 Å². The third-order valence-electron chi connectivity index (χ3n) is 1.33. The molecule has 1 unspecified atom stereocenters. The third kappa shape index (κ3) is 1.13. The van der Waals surface area contributed by atoms with E-state index in [2.05, 4.69) is 21.3 Å². The van der Waals surface area contributed by atoms with Gasteiger partial charge in [-0.25, -0.2) is 4.98 Å². The molecule has 0 aliphatic carbocycles. The SMILES string of the molecule is CCC(C#N)c1ncn[nH]1. The molecule has 10 heavy (non-hydrogen) atoms. The van der Waals surface area contributed by atoms with E-state index in [-0.39, 0.29) is 5.92 Å². The summed E-state index contributed by atoms with van der Waals surface area (Å²) < 4.78 is 0. The maximum Gasteiger partial charge on any atom is 0.141 e. The van der Waals surface area contributed by atoms with E-state index in [0.717, 1.165) is 6.42 Å². The lowest BCUT2D eigenvalue weighted by atomic mass is 10.1. The molecular formula is C6H8N4. The van der Waals surface area contributed by atoms with Crippen molar-refractivity contribution < 1.29 is 0 Å². The van der Waals surface area contributed by atoms with Crippen LogP contribution in [0.1, 0.15) is 25.1 Å². The van der Waals surface area contributed by atoms with Crippen molar-refractivity contribution in [2.45, 2.75) is 19.3 Å². The highest BCUT2D eigenvalue weighted by molar-refractivity contribution is 5.04. The van der Waals surface area contributed by atoms with E-state index in [4.69, 9.17) is 5.26 Å². The molecule has 0 radical (unpaired) electrons. The molecule has 0 saturated heterocycles. The average molecular weight is 136 g/mol. The van der Waals surface area contributed by atoms with Crippen LogP contribution < -0.4 is 0 Å². The van der Waals surface area contributed by atoms with Gasteiger partial charge in [-0.15, -0.1) is 0 Å². The van der Waals surface area contributed by atoms with E-state index >= 15 is 0 Å². The highest BCUT2D eigenvalue weighted by Crippen LogP contribution is 2.11. The molecule has 4 heteroatoms. The summed E-state index contributed by atoms with van der Waals surface area (Å²) in [5.74, 6) is 0.521. The molecule has 0 spiro atoms. The van der Waals surface area contributed by atoms with E-state index in [1.165, 1.54) is 6.33 Å². The van der Waals surface area contributed by atoms with E-state index < -0.39 is 0 Å². The Morgan fingerprint density at radius 3 is 3.10 bits per heavy atom. The molecule has 0 aromatic carbocycles. The first-order valence-electron chi connectivity index (χ1n) is 3.13. The van der Waals surface area contributed by atoms with Crippen molar-refractivity contribution in [3.05, 3.63) is 12.2 Å². The first-order chi connectivity index (χ1) is 4.88. The number of nitrogens with zero attached hydrogens (tertiary/aromatic N) is 3. The van der Waals surface area contributed by atoms with Gasteiger partial charge in [-0.2, -0.15) is 10.4 Å². The lowest BCUT2D eigenvalue weighted by Gasteiger charge is -1.97. The highest BCUT2D eigenvalue weighted by atomic mass is 15.2. The highest BCUT2D eigenvalue weighted by Gasteiger charge is 2.09. The summed E-state index contributed by atoms with van der Waals surface area (Å²) in [6.07, 6.45) is 2.18. The molecule has 0 saturated carbocycles. The van der Waals surface area contributed by atoms with Crippen LogP contribution in [0.5, 0.6) is 0 Å². The predicted molar refractivity (Wildman–Crippen MR) is 35.0 cm³/mol. The van der Waals surface area contributed by atoms with Crippen LogP contribution in [0.4, 0.5) is 0 Å². The molecule has 0 aliphatic rings. The second kappa shape index (κ2) is 2.97. The molecule has 1 heterocycles. The molecular weight excluding hydrogens is 128 g/mol. The van der Waals surface area contributed by atoms with Crippen LogP contribution in [-0.4, -0.2) is 15.2 Å². The zero-order valence-corrected chi connectivity index (χ0v) is 5.70. The average Bonchev–Trinajstić information content (AvgIpc) is 2.43. The van der Waals surface area contributed by atoms with Crippen LogP contribution >= 0.6 is 0 Å². The van der Waals surface area contributed by atoms with E-state index in [0.29, 0.717) is 5.82 Å². The van der Waals surface area contributed by atoms with Crippen LogP contribution in [0.25, 0.3) is 0 Å². The standard InChI is InChI=1S/C6H8N4/c1-2-5(3-7)6-8-4-9-10-6/h4-5H,2H2,1H3,(H,8,9,10). The van der Waals surface area contributed by atoms with Gasteiger partial charge in [-0.1, -0.05) is 6.92 Å². The van der Waals surface area contributed by atoms with Gasteiger partial charge < -0.3 is 0 Å². The fraction of sp³-hybridized carbons (Fsp3) is 0.500. The van der Waals surface area contributed by atoms with Crippen molar-refractivity contribution in [3.8, 4) is 6.07 Å². The number of rotatable bonds is 2. The van der Waals surface area contributed by atoms with Gasteiger partial charge in [-0.05, 0) is 6.42 Å². The van der Waals surface area contributed by atoms with Crippen LogP contribution in [0.15, 0.2) is 6.33 Å². The van der Waals surface area contributed by atoms with Gasteiger partial charge in [0.2, 0.25) is 0 Å². The first kappa shape index (κ1) is 6.75. The van der Waals surface area contributed by atoms with E-state index in [1.807, 2.05) is 6.92 Å². The van der Waals surface area contributed by atoms with Gasteiger partial charge in [-0.3, -0.25) is 5.10 Å².